The van der Waals surface area contributed by atoms with Gasteiger partial charge >= 0.3 is 11.7 Å². The smallest absolute Gasteiger partial charge is 0.332 e. The maximum absolute atomic E-state index is 12.9. The van der Waals surface area contributed by atoms with Crippen LogP contribution in [0.15, 0.2) is 15.9 Å². The molecule has 0 unspecified atom stereocenters. The fraction of sp³-hybridized carbons (Fsp3) is 0.682. The number of imidazole rings is 1. The number of rotatable bonds is 5. The molecule has 13 heteroatoms. The second-order valence-corrected chi connectivity index (χ2v) is 9.94. The molecule has 2 fully saturated rings. The van der Waals surface area contributed by atoms with Crippen molar-refractivity contribution in [2.24, 2.45) is 19.8 Å². The molecule has 0 bridgehead atoms. The number of piperidine rings is 1. The van der Waals surface area contributed by atoms with Crippen LogP contribution in [0.25, 0.3) is 11.2 Å². The summed E-state index contributed by atoms with van der Waals surface area (Å²) >= 11 is 0. The van der Waals surface area contributed by atoms with Crippen LogP contribution < -0.4 is 17.0 Å². The summed E-state index contributed by atoms with van der Waals surface area (Å²) in [6.07, 6.45) is 2.63. The Labute approximate surface area is 200 Å². The summed E-state index contributed by atoms with van der Waals surface area (Å²) < 4.78 is 10.2. The molecule has 192 valence electrons. The first-order chi connectivity index (χ1) is 16.4. The number of fused-ring (bicyclic) bond motifs is 1. The fourth-order valence-corrected chi connectivity index (χ4v) is 5.33. The number of carboxylic acids is 1. The van der Waals surface area contributed by atoms with E-state index in [1.54, 1.807) is 16.4 Å². The summed E-state index contributed by atoms with van der Waals surface area (Å²) in [5.74, 6) is -1.28. The molecule has 2 aromatic rings. The van der Waals surface area contributed by atoms with Crippen molar-refractivity contribution in [3.63, 3.8) is 0 Å². The Hall–Kier alpha value is -3.03. The first-order valence-corrected chi connectivity index (χ1v) is 11.6. The fourth-order valence-electron chi connectivity index (χ4n) is 5.33. The van der Waals surface area contributed by atoms with Crippen molar-refractivity contribution < 1.29 is 24.5 Å². The van der Waals surface area contributed by atoms with Crippen LogP contribution in [0, 0.1) is 0 Å². The van der Waals surface area contributed by atoms with E-state index in [0.29, 0.717) is 25.9 Å². The summed E-state index contributed by atoms with van der Waals surface area (Å²) in [5, 5.41) is 20.3. The van der Waals surface area contributed by atoms with Crippen LogP contribution in [0.5, 0.6) is 0 Å². The normalized spacial score (nSPS) is 25.2. The number of hydrogen-bond donors (Lipinski definition) is 3. The average Bonchev–Trinajstić information content (AvgIpc) is 3.24. The monoisotopic (exact) mass is 492 g/mol. The third kappa shape index (κ3) is 4.39. The SMILES string of the molecule is Cn1c(=O)c2c(ncn2[C@@H]2COC3(CCN(C(=O)[C@@H](N)CCC(=O)O)CC3)C[C@@]2(C)O)n(C)c1=O. The van der Waals surface area contributed by atoms with E-state index in [4.69, 9.17) is 15.6 Å². The summed E-state index contributed by atoms with van der Waals surface area (Å²) in [5.41, 5.74) is 3.46. The number of aryl methyl sites for hydroxylation is 1. The van der Waals surface area contributed by atoms with E-state index >= 15 is 0 Å². The second-order valence-electron chi connectivity index (χ2n) is 9.94. The highest BCUT2D eigenvalue weighted by atomic mass is 16.5. The van der Waals surface area contributed by atoms with Gasteiger partial charge in [0.25, 0.3) is 5.56 Å². The molecule has 2 aliphatic rings. The lowest BCUT2D eigenvalue weighted by Gasteiger charge is -2.51. The highest BCUT2D eigenvalue weighted by Gasteiger charge is 2.50. The molecule has 3 atom stereocenters. The molecule has 4 heterocycles. The quantitative estimate of drug-likeness (QED) is 0.458. The Morgan fingerprint density at radius 3 is 2.51 bits per heavy atom. The highest BCUT2D eigenvalue weighted by molar-refractivity contribution is 5.82. The van der Waals surface area contributed by atoms with Crippen LogP contribution in [-0.2, 0) is 28.4 Å². The summed E-state index contributed by atoms with van der Waals surface area (Å²) in [6.45, 7) is 2.59. The number of nitrogens with zero attached hydrogens (tertiary/aromatic N) is 5. The summed E-state index contributed by atoms with van der Waals surface area (Å²) in [6, 6.07) is -1.47. The van der Waals surface area contributed by atoms with Gasteiger partial charge in [0.1, 0.15) is 0 Å². The van der Waals surface area contributed by atoms with Gasteiger partial charge in [0.15, 0.2) is 11.2 Å². The summed E-state index contributed by atoms with van der Waals surface area (Å²) in [7, 11) is 2.93. The predicted octanol–water partition coefficient (Wildman–Crippen LogP) is -1.30. The van der Waals surface area contributed by atoms with E-state index in [2.05, 4.69) is 4.98 Å². The van der Waals surface area contributed by atoms with Crippen molar-refractivity contribution >= 4 is 23.0 Å². The van der Waals surface area contributed by atoms with Crippen LogP contribution in [-0.4, -0.2) is 82.6 Å². The number of amides is 1. The van der Waals surface area contributed by atoms with E-state index in [9.17, 15) is 24.3 Å². The zero-order valence-electron chi connectivity index (χ0n) is 20.1. The van der Waals surface area contributed by atoms with Crippen LogP contribution in [0.1, 0.15) is 45.1 Å². The van der Waals surface area contributed by atoms with Gasteiger partial charge in [-0.25, -0.2) is 9.78 Å². The third-order valence-electron chi connectivity index (χ3n) is 7.43. The second kappa shape index (κ2) is 8.88. The molecule has 2 saturated heterocycles. The number of carboxylic acid groups (broad SMARTS) is 1. The van der Waals surface area contributed by atoms with Crippen molar-refractivity contribution in [3.05, 3.63) is 27.2 Å². The number of nitrogens with two attached hydrogens (primary N) is 1. The van der Waals surface area contributed by atoms with Gasteiger partial charge in [-0.2, -0.15) is 0 Å². The van der Waals surface area contributed by atoms with Gasteiger partial charge in [-0.3, -0.25) is 23.5 Å². The van der Waals surface area contributed by atoms with E-state index in [0.717, 1.165) is 4.57 Å². The predicted molar refractivity (Wildman–Crippen MR) is 124 cm³/mol. The van der Waals surface area contributed by atoms with Crippen LogP contribution in [0.3, 0.4) is 0 Å². The molecular formula is C22H32N6O7. The number of aliphatic carboxylic acids is 1. The topological polar surface area (TPSA) is 175 Å². The van der Waals surface area contributed by atoms with Gasteiger partial charge in [0, 0.05) is 40.0 Å². The van der Waals surface area contributed by atoms with E-state index in [1.165, 1.54) is 25.0 Å². The average molecular weight is 493 g/mol. The van der Waals surface area contributed by atoms with E-state index < -0.39 is 40.5 Å². The van der Waals surface area contributed by atoms with E-state index in [-0.39, 0.29) is 42.9 Å². The molecule has 2 aromatic heterocycles. The molecule has 0 radical (unpaired) electrons. The maximum Gasteiger partial charge on any atom is 0.332 e. The Bertz CT molecular complexity index is 1270. The lowest BCUT2D eigenvalue weighted by molar-refractivity contribution is -0.197. The first kappa shape index (κ1) is 25.1. The minimum atomic E-state index is -1.25. The Kier molecular flexibility index (Phi) is 6.36. The Balaban J connectivity index is 1.50. The van der Waals surface area contributed by atoms with Crippen molar-refractivity contribution in [1.82, 2.24) is 23.6 Å². The number of aromatic nitrogens is 4. The number of aliphatic hydroxyl groups is 1. The molecule has 4 N–H and O–H groups in total. The van der Waals surface area contributed by atoms with Gasteiger partial charge in [0.2, 0.25) is 5.91 Å². The number of ether oxygens (including phenoxy) is 1. The van der Waals surface area contributed by atoms with Crippen molar-refractivity contribution in [1.29, 1.82) is 0 Å². The Morgan fingerprint density at radius 1 is 1.26 bits per heavy atom. The minimum Gasteiger partial charge on any atom is -0.481 e. The lowest BCUT2D eigenvalue weighted by atomic mass is 9.75. The molecule has 0 aliphatic carbocycles. The van der Waals surface area contributed by atoms with Crippen LogP contribution >= 0.6 is 0 Å². The maximum atomic E-state index is 12.9. The third-order valence-corrected chi connectivity index (χ3v) is 7.43. The zero-order valence-corrected chi connectivity index (χ0v) is 20.1. The van der Waals surface area contributed by atoms with Gasteiger partial charge < -0.3 is 30.2 Å². The van der Waals surface area contributed by atoms with Gasteiger partial charge in [0.05, 0.1) is 36.2 Å². The molecule has 4 rings (SSSR count). The number of carbonyl (C=O) groups excluding carboxylic acids is 1. The molecule has 1 amide bonds. The van der Waals surface area contributed by atoms with Crippen LogP contribution in [0.4, 0.5) is 0 Å². The molecule has 0 saturated carbocycles. The Morgan fingerprint density at radius 2 is 1.91 bits per heavy atom. The molecule has 1 spiro atoms. The molecular weight excluding hydrogens is 460 g/mol. The number of likely N-dealkylation sites (tertiary alicyclic amines) is 1. The minimum absolute atomic E-state index is 0.0760. The highest BCUT2D eigenvalue weighted by Crippen LogP contribution is 2.44. The molecule has 35 heavy (non-hydrogen) atoms. The van der Waals surface area contributed by atoms with Crippen molar-refractivity contribution in [2.75, 3.05) is 19.7 Å². The molecule has 0 aromatic carbocycles. The molecule has 2 aliphatic heterocycles. The molecule has 13 nitrogen and oxygen atoms in total. The zero-order chi connectivity index (χ0) is 25.7. The number of hydrogen-bond acceptors (Lipinski definition) is 8. The summed E-state index contributed by atoms with van der Waals surface area (Å²) in [4.78, 5) is 54.3. The van der Waals surface area contributed by atoms with Gasteiger partial charge in [-0.15, -0.1) is 0 Å². The van der Waals surface area contributed by atoms with Gasteiger partial charge in [-0.05, 0) is 26.2 Å². The standard InChI is InChI=1S/C22H32N6O7/c1-21(34)11-22(6-8-27(9-7-22)18(31)13(23)4-5-15(29)30)35-10-14(21)28-12-24-17-16(28)19(32)26(3)20(33)25(17)2/h12-14,34H,4-11,23H2,1-3H3,(H,29,30)/t13-,14+,21+/m0/s1. The first-order valence-electron chi connectivity index (χ1n) is 11.6. The van der Waals surface area contributed by atoms with E-state index in [1.807, 2.05) is 0 Å². The number of carbonyl (C=O) groups is 2. The van der Waals surface area contributed by atoms with Crippen molar-refractivity contribution in [3.8, 4) is 0 Å². The van der Waals surface area contributed by atoms with Gasteiger partial charge in [-0.1, -0.05) is 0 Å². The van der Waals surface area contributed by atoms with Crippen molar-refractivity contribution in [2.45, 2.75) is 62.3 Å². The van der Waals surface area contributed by atoms with Crippen LogP contribution in [0.2, 0.25) is 0 Å². The lowest BCUT2D eigenvalue weighted by Crippen LogP contribution is -2.59. The largest absolute Gasteiger partial charge is 0.481 e.